The molecule has 0 spiro atoms. The van der Waals surface area contributed by atoms with Gasteiger partial charge in [0.25, 0.3) is 0 Å². The number of para-hydroxylation sites is 1. The third-order valence-corrected chi connectivity index (χ3v) is 3.27. The first-order valence-electron chi connectivity index (χ1n) is 4.82. The van der Waals surface area contributed by atoms with Crippen molar-refractivity contribution in [2.75, 3.05) is 5.32 Å². The van der Waals surface area contributed by atoms with Crippen molar-refractivity contribution < 1.29 is 4.39 Å². The van der Waals surface area contributed by atoms with Crippen LogP contribution in [0.1, 0.15) is 17.8 Å². The van der Waals surface area contributed by atoms with Crippen LogP contribution in [0.3, 0.4) is 0 Å². The molecular weight excluding hydrogens is 209 g/mol. The van der Waals surface area contributed by atoms with Gasteiger partial charge in [-0.05, 0) is 30.5 Å². The van der Waals surface area contributed by atoms with Gasteiger partial charge in [-0.3, -0.25) is 0 Å². The van der Waals surface area contributed by atoms with Gasteiger partial charge in [0.1, 0.15) is 5.82 Å². The molecule has 0 fully saturated rings. The highest BCUT2D eigenvalue weighted by Crippen LogP contribution is 2.24. The Labute approximate surface area is 92.6 Å². The summed E-state index contributed by atoms with van der Waals surface area (Å²) in [4.78, 5) is 1.21. The van der Waals surface area contributed by atoms with Gasteiger partial charge in [0.2, 0.25) is 0 Å². The second-order valence-corrected chi connectivity index (χ2v) is 4.34. The Balaban J connectivity index is 2.13. The first kappa shape index (κ1) is 10.2. The Hall–Kier alpha value is -1.35. The topological polar surface area (TPSA) is 12.0 Å². The van der Waals surface area contributed by atoms with Gasteiger partial charge in [-0.2, -0.15) is 0 Å². The number of hydrogen-bond acceptors (Lipinski definition) is 2. The normalized spacial score (nSPS) is 12.4. The molecule has 1 N–H and O–H groups in total. The van der Waals surface area contributed by atoms with Crippen LogP contribution in [-0.4, -0.2) is 0 Å². The molecule has 2 aromatic rings. The lowest BCUT2D eigenvalue weighted by atomic mass is 10.2. The molecule has 0 aliphatic carbocycles. The van der Waals surface area contributed by atoms with E-state index >= 15 is 0 Å². The molecule has 0 aliphatic heterocycles. The van der Waals surface area contributed by atoms with Gasteiger partial charge in [0.15, 0.2) is 0 Å². The summed E-state index contributed by atoms with van der Waals surface area (Å²) in [5.41, 5.74) is 0.554. The van der Waals surface area contributed by atoms with E-state index in [9.17, 15) is 4.39 Å². The monoisotopic (exact) mass is 221 g/mol. The van der Waals surface area contributed by atoms with Gasteiger partial charge in [-0.15, -0.1) is 11.3 Å². The maximum Gasteiger partial charge on any atom is 0.146 e. The van der Waals surface area contributed by atoms with Crippen molar-refractivity contribution in [3.63, 3.8) is 0 Å². The van der Waals surface area contributed by atoms with E-state index < -0.39 is 0 Å². The summed E-state index contributed by atoms with van der Waals surface area (Å²) >= 11 is 1.67. The summed E-state index contributed by atoms with van der Waals surface area (Å²) in [7, 11) is 0. The van der Waals surface area contributed by atoms with E-state index in [1.54, 1.807) is 23.5 Å². The van der Waals surface area contributed by atoms with E-state index in [0.29, 0.717) is 5.69 Å². The van der Waals surface area contributed by atoms with Crippen LogP contribution in [0.15, 0.2) is 41.8 Å². The van der Waals surface area contributed by atoms with Gasteiger partial charge >= 0.3 is 0 Å². The molecule has 1 atom stereocenters. The Morgan fingerprint density at radius 2 is 2.00 bits per heavy atom. The van der Waals surface area contributed by atoms with Crippen LogP contribution in [0.5, 0.6) is 0 Å². The lowest BCUT2D eigenvalue weighted by Crippen LogP contribution is -2.05. The number of rotatable bonds is 3. The fraction of sp³-hybridized carbons (Fsp3) is 0.167. The third-order valence-electron chi connectivity index (χ3n) is 2.22. The van der Waals surface area contributed by atoms with E-state index in [-0.39, 0.29) is 11.9 Å². The Morgan fingerprint density at radius 1 is 1.20 bits per heavy atom. The number of halogens is 1. The van der Waals surface area contributed by atoms with Gasteiger partial charge in [0, 0.05) is 4.88 Å². The van der Waals surface area contributed by atoms with Crippen molar-refractivity contribution in [2.45, 2.75) is 13.0 Å². The lowest BCUT2D eigenvalue weighted by molar-refractivity contribution is 0.628. The fourth-order valence-electron chi connectivity index (χ4n) is 1.42. The van der Waals surface area contributed by atoms with Crippen LogP contribution in [0.4, 0.5) is 10.1 Å². The van der Waals surface area contributed by atoms with Crippen LogP contribution in [0, 0.1) is 5.82 Å². The molecule has 15 heavy (non-hydrogen) atoms. The first-order chi connectivity index (χ1) is 7.27. The number of benzene rings is 1. The van der Waals surface area contributed by atoms with Crippen molar-refractivity contribution in [1.29, 1.82) is 0 Å². The van der Waals surface area contributed by atoms with Crippen LogP contribution in [0.2, 0.25) is 0 Å². The molecule has 2 rings (SSSR count). The predicted octanol–water partition coefficient (Wildman–Crippen LogP) is 4.06. The molecular formula is C12H12FNS. The molecule has 0 aliphatic rings. The van der Waals surface area contributed by atoms with Crippen molar-refractivity contribution in [2.24, 2.45) is 0 Å². The van der Waals surface area contributed by atoms with Crippen molar-refractivity contribution >= 4 is 17.0 Å². The summed E-state index contributed by atoms with van der Waals surface area (Å²) in [6.07, 6.45) is 0. The van der Waals surface area contributed by atoms with Crippen molar-refractivity contribution in [1.82, 2.24) is 0 Å². The molecule has 0 bridgehead atoms. The zero-order chi connectivity index (χ0) is 10.7. The molecule has 1 aromatic carbocycles. The minimum atomic E-state index is -0.207. The summed E-state index contributed by atoms with van der Waals surface area (Å²) in [5.74, 6) is -0.207. The maximum atomic E-state index is 13.3. The SMILES string of the molecule is C[C@@H](Nc1ccccc1F)c1cccs1. The summed E-state index contributed by atoms with van der Waals surface area (Å²) in [6.45, 7) is 2.03. The quantitative estimate of drug-likeness (QED) is 0.824. The van der Waals surface area contributed by atoms with Crippen LogP contribution in [0.25, 0.3) is 0 Å². The van der Waals surface area contributed by atoms with E-state index in [4.69, 9.17) is 0 Å². The average molecular weight is 221 g/mol. The Morgan fingerprint density at radius 3 is 2.67 bits per heavy atom. The Bertz CT molecular complexity index is 425. The molecule has 1 nitrogen and oxygen atoms in total. The van der Waals surface area contributed by atoms with Gasteiger partial charge in [0.05, 0.1) is 11.7 Å². The van der Waals surface area contributed by atoms with Crippen LogP contribution < -0.4 is 5.32 Å². The minimum Gasteiger partial charge on any atom is -0.375 e. The molecule has 3 heteroatoms. The van der Waals surface area contributed by atoms with Crippen molar-refractivity contribution in [3.05, 3.63) is 52.5 Å². The van der Waals surface area contributed by atoms with Crippen molar-refractivity contribution in [3.8, 4) is 0 Å². The highest BCUT2D eigenvalue weighted by atomic mass is 32.1. The van der Waals surface area contributed by atoms with Gasteiger partial charge < -0.3 is 5.32 Å². The molecule has 78 valence electrons. The maximum absolute atomic E-state index is 13.3. The molecule has 0 unspecified atom stereocenters. The molecule has 1 heterocycles. The van der Waals surface area contributed by atoms with Gasteiger partial charge in [-0.25, -0.2) is 4.39 Å². The zero-order valence-electron chi connectivity index (χ0n) is 8.41. The van der Waals surface area contributed by atoms with E-state index in [1.165, 1.54) is 10.9 Å². The number of thiophene rings is 1. The summed E-state index contributed by atoms with van der Waals surface area (Å²) in [5, 5.41) is 5.17. The smallest absolute Gasteiger partial charge is 0.146 e. The van der Waals surface area contributed by atoms with E-state index in [2.05, 4.69) is 5.32 Å². The lowest BCUT2D eigenvalue weighted by Gasteiger charge is -2.13. The Kier molecular flexibility index (Phi) is 3.02. The number of hydrogen-bond donors (Lipinski definition) is 1. The second kappa shape index (κ2) is 4.45. The molecule has 1 aromatic heterocycles. The third kappa shape index (κ3) is 2.36. The first-order valence-corrected chi connectivity index (χ1v) is 5.70. The number of nitrogens with one attached hydrogen (secondary N) is 1. The number of anilines is 1. The van der Waals surface area contributed by atoms with Gasteiger partial charge in [-0.1, -0.05) is 18.2 Å². The highest BCUT2D eigenvalue weighted by Gasteiger charge is 2.08. The highest BCUT2D eigenvalue weighted by molar-refractivity contribution is 7.10. The van der Waals surface area contributed by atoms with E-state index in [0.717, 1.165) is 0 Å². The zero-order valence-corrected chi connectivity index (χ0v) is 9.22. The standard InChI is InChI=1S/C12H12FNS/c1-9(12-7-4-8-15-12)14-11-6-3-2-5-10(11)13/h2-9,14H,1H3/t9-/m1/s1. The largest absolute Gasteiger partial charge is 0.375 e. The predicted molar refractivity (Wildman–Crippen MR) is 62.8 cm³/mol. The van der Waals surface area contributed by atoms with Crippen LogP contribution in [-0.2, 0) is 0 Å². The average Bonchev–Trinajstić information content (AvgIpc) is 2.74. The summed E-state index contributed by atoms with van der Waals surface area (Å²) in [6, 6.07) is 10.9. The second-order valence-electron chi connectivity index (χ2n) is 3.36. The van der Waals surface area contributed by atoms with E-state index in [1.807, 2.05) is 30.5 Å². The minimum absolute atomic E-state index is 0.141. The molecule has 0 radical (unpaired) electrons. The molecule has 0 amide bonds. The molecule has 0 saturated heterocycles. The molecule has 0 saturated carbocycles. The fourth-order valence-corrected chi connectivity index (χ4v) is 2.15. The van der Waals surface area contributed by atoms with Crippen LogP contribution >= 0.6 is 11.3 Å². The summed E-state index contributed by atoms with van der Waals surface area (Å²) < 4.78 is 13.3.